The van der Waals surface area contributed by atoms with Crippen molar-refractivity contribution in [1.82, 2.24) is 5.32 Å². The molecule has 1 aromatic carbocycles. The molecule has 0 saturated carbocycles. The fourth-order valence-corrected chi connectivity index (χ4v) is 4.17. The molecule has 2 saturated heterocycles. The van der Waals surface area contributed by atoms with Gasteiger partial charge in [0.05, 0.1) is 5.56 Å². The molecular formula is C23H30N2O6. The average Bonchev–Trinajstić information content (AvgIpc) is 2.57. The van der Waals surface area contributed by atoms with Crippen LogP contribution in [0.25, 0.3) is 0 Å². The van der Waals surface area contributed by atoms with Gasteiger partial charge in [0.15, 0.2) is 5.57 Å². The molecule has 31 heavy (non-hydrogen) atoms. The van der Waals surface area contributed by atoms with Gasteiger partial charge in [0.2, 0.25) is 0 Å². The standard InChI is InChI=1S/C23H30N2O6/c1-21(2)11-16(12-22(3,4)25-21)29-18(26)14-7-9-15(10-8-14)24-13-17-19(27)30-23(5,6)31-20(17)28/h7-10,13,16,24-25H,11-12H2,1-6H3. The molecule has 168 valence electrons. The van der Waals surface area contributed by atoms with Crippen LogP contribution in [0.15, 0.2) is 36.0 Å². The lowest BCUT2D eigenvalue weighted by molar-refractivity contribution is -0.222. The maximum absolute atomic E-state index is 12.6. The molecule has 8 heteroatoms. The lowest BCUT2D eigenvalue weighted by atomic mass is 9.81. The van der Waals surface area contributed by atoms with E-state index in [9.17, 15) is 14.4 Å². The summed E-state index contributed by atoms with van der Waals surface area (Å²) in [4.78, 5) is 36.5. The van der Waals surface area contributed by atoms with E-state index in [2.05, 4.69) is 38.3 Å². The van der Waals surface area contributed by atoms with Crippen molar-refractivity contribution in [2.24, 2.45) is 0 Å². The Hall–Kier alpha value is -2.87. The van der Waals surface area contributed by atoms with Gasteiger partial charge in [-0.1, -0.05) is 0 Å². The first-order chi connectivity index (χ1) is 14.3. The van der Waals surface area contributed by atoms with Crippen LogP contribution in [-0.2, 0) is 23.8 Å². The van der Waals surface area contributed by atoms with Crippen LogP contribution in [0.2, 0.25) is 0 Å². The van der Waals surface area contributed by atoms with Gasteiger partial charge in [-0.15, -0.1) is 0 Å². The molecule has 0 spiro atoms. The predicted molar refractivity (Wildman–Crippen MR) is 114 cm³/mol. The summed E-state index contributed by atoms with van der Waals surface area (Å²) in [6.07, 6.45) is 2.53. The quantitative estimate of drug-likeness (QED) is 0.426. The molecule has 0 amide bonds. The molecule has 2 aliphatic rings. The Balaban J connectivity index is 1.62. The van der Waals surface area contributed by atoms with Crippen molar-refractivity contribution in [3.8, 4) is 0 Å². The fourth-order valence-electron chi connectivity index (χ4n) is 4.17. The fraction of sp³-hybridized carbons (Fsp3) is 0.522. The number of benzene rings is 1. The largest absolute Gasteiger partial charge is 0.459 e. The lowest BCUT2D eigenvalue weighted by Gasteiger charge is -2.45. The van der Waals surface area contributed by atoms with Gasteiger partial charge in [-0.3, -0.25) is 0 Å². The number of hydrogen-bond donors (Lipinski definition) is 2. The molecule has 0 bridgehead atoms. The maximum atomic E-state index is 12.6. The molecule has 0 radical (unpaired) electrons. The molecule has 2 fully saturated rings. The summed E-state index contributed by atoms with van der Waals surface area (Å²) in [5, 5.41) is 6.41. The second-order valence-corrected chi connectivity index (χ2v) is 9.79. The van der Waals surface area contributed by atoms with E-state index in [0.29, 0.717) is 11.3 Å². The Kier molecular flexibility index (Phi) is 5.88. The molecule has 0 unspecified atom stereocenters. The van der Waals surface area contributed by atoms with Crippen LogP contribution in [0.1, 0.15) is 64.7 Å². The minimum atomic E-state index is -1.29. The smallest absolute Gasteiger partial charge is 0.350 e. The lowest BCUT2D eigenvalue weighted by Crippen LogP contribution is -2.59. The first kappa shape index (κ1) is 22.8. The van der Waals surface area contributed by atoms with Crippen molar-refractivity contribution >= 4 is 23.6 Å². The van der Waals surface area contributed by atoms with Gasteiger partial charge >= 0.3 is 17.9 Å². The van der Waals surface area contributed by atoms with Crippen molar-refractivity contribution in [2.45, 2.75) is 77.4 Å². The highest BCUT2D eigenvalue weighted by Crippen LogP contribution is 2.31. The van der Waals surface area contributed by atoms with Crippen LogP contribution in [0.3, 0.4) is 0 Å². The van der Waals surface area contributed by atoms with Crippen LogP contribution < -0.4 is 10.6 Å². The Bertz CT molecular complexity index is 876. The zero-order valence-electron chi connectivity index (χ0n) is 18.8. The molecule has 3 rings (SSSR count). The molecule has 2 N–H and O–H groups in total. The van der Waals surface area contributed by atoms with Crippen molar-refractivity contribution in [3.05, 3.63) is 41.6 Å². The molecule has 2 heterocycles. The van der Waals surface area contributed by atoms with Gasteiger partial charge in [-0.05, 0) is 52.0 Å². The third kappa shape index (κ3) is 5.85. The van der Waals surface area contributed by atoms with E-state index in [0.717, 1.165) is 12.8 Å². The minimum absolute atomic E-state index is 0.120. The van der Waals surface area contributed by atoms with Crippen molar-refractivity contribution in [3.63, 3.8) is 0 Å². The molecule has 8 nitrogen and oxygen atoms in total. The summed E-state index contributed by atoms with van der Waals surface area (Å²) in [7, 11) is 0. The van der Waals surface area contributed by atoms with E-state index in [1.807, 2.05) is 0 Å². The van der Waals surface area contributed by atoms with Gasteiger partial charge in [0.25, 0.3) is 5.79 Å². The molecular weight excluding hydrogens is 400 g/mol. The summed E-state index contributed by atoms with van der Waals surface area (Å²) in [6, 6.07) is 6.57. The third-order valence-corrected chi connectivity index (χ3v) is 5.05. The number of rotatable bonds is 4. The van der Waals surface area contributed by atoms with Crippen LogP contribution in [-0.4, -0.2) is 40.9 Å². The summed E-state index contributed by atoms with van der Waals surface area (Å²) in [5.41, 5.74) is 0.526. The SMILES string of the molecule is CC1(C)CC(OC(=O)c2ccc(NC=C3C(=O)OC(C)(C)OC3=O)cc2)CC(C)(C)N1. The second kappa shape index (κ2) is 8.00. The number of carbonyl (C=O) groups excluding carboxylic acids is 3. The minimum Gasteiger partial charge on any atom is -0.459 e. The van der Waals surface area contributed by atoms with E-state index >= 15 is 0 Å². The first-order valence-electron chi connectivity index (χ1n) is 10.3. The van der Waals surface area contributed by atoms with Gasteiger partial charge in [-0.2, -0.15) is 0 Å². The van der Waals surface area contributed by atoms with Gasteiger partial charge in [-0.25, -0.2) is 14.4 Å². The van der Waals surface area contributed by atoms with E-state index in [4.69, 9.17) is 14.2 Å². The number of hydrogen-bond acceptors (Lipinski definition) is 8. The topological polar surface area (TPSA) is 103 Å². The number of cyclic esters (lactones) is 2. The Morgan fingerprint density at radius 2 is 1.52 bits per heavy atom. The Morgan fingerprint density at radius 3 is 2.03 bits per heavy atom. The van der Waals surface area contributed by atoms with Crippen LogP contribution >= 0.6 is 0 Å². The number of anilines is 1. The predicted octanol–water partition coefficient (Wildman–Crippen LogP) is 3.28. The second-order valence-electron chi connectivity index (χ2n) is 9.79. The monoisotopic (exact) mass is 430 g/mol. The van der Waals surface area contributed by atoms with Gasteiger partial charge in [0.1, 0.15) is 6.10 Å². The van der Waals surface area contributed by atoms with Gasteiger partial charge < -0.3 is 24.8 Å². The molecule has 0 aliphatic carbocycles. The molecule has 2 aliphatic heterocycles. The summed E-state index contributed by atoms with van der Waals surface area (Å²) < 4.78 is 15.8. The number of esters is 3. The molecule has 0 aromatic heterocycles. The van der Waals surface area contributed by atoms with Crippen molar-refractivity contribution in [2.75, 3.05) is 5.32 Å². The Morgan fingerprint density at radius 1 is 1.00 bits per heavy atom. The number of carbonyl (C=O) groups is 3. The number of piperidine rings is 1. The number of ether oxygens (including phenoxy) is 3. The van der Waals surface area contributed by atoms with E-state index < -0.39 is 17.7 Å². The first-order valence-corrected chi connectivity index (χ1v) is 10.3. The molecule has 1 aromatic rings. The highest BCUT2D eigenvalue weighted by atomic mass is 16.7. The van der Waals surface area contributed by atoms with Gasteiger partial charge in [0, 0.05) is 49.7 Å². The van der Waals surface area contributed by atoms with Crippen LogP contribution in [0, 0.1) is 0 Å². The van der Waals surface area contributed by atoms with Crippen LogP contribution in [0.4, 0.5) is 5.69 Å². The summed E-state index contributed by atoms with van der Waals surface area (Å²) in [6.45, 7) is 11.4. The zero-order chi connectivity index (χ0) is 23.0. The maximum Gasteiger partial charge on any atom is 0.350 e. The summed E-state index contributed by atoms with van der Waals surface area (Å²) in [5.74, 6) is -3.19. The van der Waals surface area contributed by atoms with Crippen LogP contribution in [0.5, 0.6) is 0 Å². The number of nitrogens with one attached hydrogen (secondary N) is 2. The van der Waals surface area contributed by atoms with E-state index in [1.165, 1.54) is 20.0 Å². The normalized spacial score (nSPS) is 22.2. The summed E-state index contributed by atoms with van der Waals surface area (Å²) >= 11 is 0. The average molecular weight is 431 g/mol. The molecule has 0 atom stereocenters. The highest BCUT2D eigenvalue weighted by Gasteiger charge is 2.40. The third-order valence-electron chi connectivity index (χ3n) is 5.05. The van der Waals surface area contributed by atoms with Crippen molar-refractivity contribution in [1.29, 1.82) is 0 Å². The highest BCUT2D eigenvalue weighted by molar-refractivity contribution is 6.15. The van der Waals surface area contributed by atoms with Crippen molar-refractivity contribution < 1.29 is 28.6 Å². The Labute approximate surface area is 182 Å². The van der Waals surface area contributed by atoms with E-state index in [-0.39, 0.29) is 28.7 Å². The zero-order valence-corrected chi connectivity index (χ0v) is 18.8. The van der Waals surface area contributed by atoms with E-state index in [1.54, 1.807) is 24.3 Å².